The van der Waals surface area contributed by atoms with Gasteiger partial charge in [-0.25, -0.2) is 0 Å². The first-order valence-electron chi connectivity index (χ1n) is 5.26. The van der Waals surface area contributed by atoms with Gasteiger partial charge in [-0.2, -0.15) is 0 Å². The highest BCUT2D eigenvalue weighted by molar-refractivity contribution is 5.75. The van der Waals surface area contributed by atoms with Gasteiger partial charge in [0.05, 0.1) is 24.7 Å². The topological polar surface area (TPSA) is 54.0 Å². The van der Waals surface area contributed by atoms with Crippen molar-refractivity contribution < 1.29 is 23.7 Å². The summed E-state index contributed by atoms with van der Waals surface area (Å²) >= 11 is 0. The lowest BCUT2D eigenvalue weighted by Crippen LogP contribution is -2.35. The number of hydrogen-bond acceptors (Lipinski definition) is 5. The fourth-order valence-electron chi connectivity index (χ4n) is 2.30. The molecule has 4 atom stereocenters. The molecule has 5 nitrogen and oxygen atoms in total. The van der Waals surface area contributed by atoms with Crippen LogP contribution in [-0.2, 0) is 23.7 Å². The van der Waals surface area contributed by atoms with E-state index in [-0.39, 0.29) is 36.8 Å². The van der Waals surface area contributed by atoms with Gasteiger partial charge in [0.1, 0.15) is 0 Å². The number of carbonyl (C=O) groups is 1. The molecule has 1 fully saturated rings. The van der Waals surface area contributed by atoms with Gasteiger partial charge in [-0.1, -0.05) is 12.2 Å². The van der Waals surface area contributed by atoms with Crippen LogP contribution in [0.25, 0.3) is 0 Å². The fourth-order valence-corrected chi connectivity index (χ4v) is 2.30. The fraction of sp³-hybridized carbons (Fsp3) is 0.727. The van der Waals surface area contributed by atoms with Crippen molar-refractivity contribution in [2.45, 2.75) is 12.2 Å². The molecule has 2 bridgehead atoms. The molecule has 90 valence electrons. The van der Waals surface area contributed by atoms with Crippen molar-refractivity contribution in [1.82, 2.24) is 0 Å². The Hall–Kier alpha value is -0.910. The van der Waals surface area contributed by atoms with E-state index in [1.165, 1.54) is 7.11 Å². The third kappa shape index (κ3) is 1.98. The van der Waals surface area contributed by atoms with Crippen LogP contribution in [0.3, 0.4) is 0 Å². The van der Waals surface area contributed by atoms with Crippen molar-refractivity contribution >= 4 is 5.97 Å². The van der Waals surface area contributed by atoms with Crippen molar-refractivity contribution in [1.29, 1.82) is 0 Å². The monoisotopic (exact) mass is 228 g/mol. The van der Waals surface area contributed by atoms with Gasteiger partial charge in [0.2, 0.25) is 0 Å². The maximum absolute atomic E-state index is 11.8. The molecule has 0 amide bonds. The lowest BCUT2D eigenvalue weighted by atomic mass is 9.83. The Morgan fingerprint density at radius 3 is 2.69 bits per heavy atom. The zero-order valence-corrected chi connectivity index (χ0v) is 9.42. The first kappa shape index (κ1) is 11.6. The molecule has 2 heterocycles. The summed E-state index contributed by atoms with van der Waals surface area (Å²) in [7, 11) is 3.10. The van der Waals surface area contributed by atoms with Crippen molar-refractivity contribution in [3.8, 4) is 0 Å². The second-order valence-corrected chi connectivity index (χ2v) is 3.97. The molecule has 0 aromatic rings. The van der Waals surface area contributed by atoms with Crippen molar-refractivity contribution in [2.24, 2.45) is 11.8 Å². The summed E-state index contributed by atoms with van der Waals surface area (Å²) in [6.07, 6.45) is 3.70. The first-order chi connectivity index (χ1) is 7.77. The van der Waals surface area contributed by atoms with Gasteiger partial charge in [-0.3, -0.25) is 4.79 Å². The van der Waals surface area contributed by atoms with Crippen molar-refractivity contribution in [3.05, 3.63) is 12.2 Å². The summed E-state index contributed by atoms with van der Waals surface area (Å²) in [5.74, 6) is -0.504. The van der Waals surface area contributed by atoms with Crippen LogP contribution in [0.1, 0.15) is 0 Å². The molecule has 2 rings (SSSR count). The lowest BCUT2D eigenvalue weighted by Gasteiger charge is -2.22. The number of carbonyl (C=O) groups excluding carboxylic acids is 1. The Morgan fingerprint density at radius 2 is 2.00 bits per heavy atom. The van der Waals surface area contributed by atoms with Crippen LogP contribution in [0.5, 0.6) is 0 Å². The summed E-state index contributed by atoms with van der Waals surface area (Å²) in [6, 6.07) is 0. The van der Waals surface area contributed by atoms with Crippen LogP contribution in [-0.4, -0.2) is 45.8 Å². The zero-order valence-electron chi connectivity index (χ0n) is 9.42. The zero-order chi connectivity index (χ0) is 11.5. The molecular formula is C11H16O5. The summed E-state index contributed by atoms with van der Waals surface area (Å²) in [5, 5.41) is 0. The highest BCUT2D eigenvalue weighted by atomic mass is 16.7. The summed E-state index contributed by atoms with van der Waals surface area (Å²) in [5.41, 5.74) is 0. The van der Waals surface area contributed by atoms with E-state index in [1.54, 1.807) is 7.11 Å². The molecule has 5 heteroatoms. The molecule has 0 aromatic carbocycles. The largest absolute Gasteiger partial charge is 0.438 e. The molecule has 0 aromatic heterocycles. The average Bonchev–Trinajstić information content (AvgIpc) is 2.86. The van der Waals surface area contributed by atoms with Crippen LogP contribution in [0.15, 0.2) is 12.2 Å². The van der Waals surface area contributed by atoms with Gasteiger partial charge >= 0.3 is 5.97 Å². The third-order valence-electron chi connectivity index (χ3n) is 2.99. The second kappa shape index (κ2) is 4.95. The van der Waals surface area contributed by atoms with Gasteiger partial charge < -0.3 is 18.9 Å². The van der Waals surface area contributed by atoms with E-state index in [0.717, 1.165) is 0 Å². The van der Waals surface area contributed by atoms with Gasteiger partial charge in [-0.15, -0.1) is 0 Å². The molecule has 0 saturated carbocycles. The maximum atomic E-state index is 11.8. The van der Waals surface area contributed by atoms with Crippen LogP contribution < -0.4 is 0 Å². The first-order valence-corrected chi connectivity index (χ1v) is 5.26. The highest BCUT2D eigenvalue weighted by Crippen LogP contribution is 2.39. The molecule has 16 heavy (non-hydrogen) atoms. The standard InChI is InChI=1S/C11H16O5/c1-13-5-7-8-3-4-9(16-8)10(7)11(12)15-6-14-2/h3-4,7-10H,5-6H2,1-2H3. The summed E-state index contributed by atoms with van der Waals surface area (Å²) in [4.78, 5) is 11.8. The van der Waals surface area contributed by atoms with Crippen molar-refractivity contribution in [3.63, 3.8) is 0 Å². The highest BCUT2D eigenvalue weighted by Gasteiger charge is 2.50. The van der Waals surface area contributed by atoms with Crippen LogP contribution in [0.4, 0.5) is 0 Å². The Morgan fingerprint density at radius 1 is 1.25 bits per heavy atom. The van der Waals surface area contributed by atoms with E-state index in [1.807, 2.05) is 12.2 Å². The molecule has 2 aliphatic heterocycles. The van der Waals surface area contributed by atoms with Gasteiger partial charge in [0.25, 0.3) is 0 Å². The SMILES string of the molecule is COCOC(=O)C1C2C=CC(O2)C1COC. The molecule has 0 aliphatic carbocycles. The Balaban J connectivity index is 2.01. The number of hydrogen-bond donors (Lipinski definition) is 0. The Kier molecular flexibility index (Phi) is 3.58. The van der Waals surface area contributed by atoms with Crippen LogP contribution in [0.2, 0.25) is 0 Å². The van der Waals surface area contributed by atoms with Gasteiger partial charge in [0.15, 0.2) is 6.79 Å². The average molecular weight is 228 g/mol. The van der Waals surface area contributed by atoms with Gasteiger partial charge in [-0.05, 0) is 0 Å². The smallest absolute Gasteiger partial charge is 0.314 e. The third-order valence-corrected chi connectivity index (χ3v) is 2.99. The number of rotatable bonds is 5. The minimum atomic E-state index is -0.277. The van der Waals surface area contributed by atoms with Crippen molar-refractivity contribution in [2.75, 3.05) is 27.6 Å². The molecule has 1 saturated heterocycles. The molecule has 0 N–H and O–H groups in total. The Labute approximate surface area is 94.3 Å². The van der Waals surface area contributed by atoms with E-state index >= 15 is 0 Å². The van der Waals surface area contributed by atoms with E-state index in [2.05, 4.69) is 0 Å². The normalized spacial score (nSPS) is 35.6. The minimum Gasteiger partial charge on any atom is -0.438 e. The number of methoxy groups -OCH3 is 2. The molecular weight excluding hydrogens is 212 g/mol. The molecule has 2 aliphatic rings. The molecule has 4 unspecified atom stereocenters. The molecule has 0 radical (unpaired) electrons. The number of ether oxygens (including phenoxy) is 4. The predicted octanol–water partition coefficient (Wildman–Crippen LogP) is 0.349. The van der Waals surface area contributed by atoms with E-state index in [4.69, 9.17) is 18.9 Å². The van der Waals surface area contributed by atoms with Crippen LogP contribution in [0, 0.1) is 11.8 Å². The van der Waals surface area contributed by atoms with Gasteiger partial charge in [0, 0.05) is 20.1 Å². The lowest BCUT2D eigenvalue weighted by molar-refractivity contribution is -0.161. The molecule has 0 spiro atoms. The predicted molar refractivity (Wildman–Crippen MR) is 54.6 cm³/mol. The number of fused-ring (bicyclic) bond motifs is 2. The summed E-state index contributed by atoms with van der Waals surface area (Å²) < 4.78 is 20.4. The minimum absolute atomic E-state index is 0.0177. The summed E-state index contributed by atoms with van der Waals surface area (Å²) in [6.45, 7) is 0.481. The Bertz CT molecular complexity index is 288. The second-order valence-electron chi connectivity index (χ2n) is 3.97. The quantitative estimate of drug-likeness (QED) is 0.386. The van der Waals surface area contributed by atoms with E-state index in [9.17, 15) is 4.79 Å². The van der Waals surface area contributed by atoms with E-state index < -0.39 is 0 Å². The number of esters is 1. The maximum Gasteiger partial charge on any atom is 0.314 e. The van der Waals surface area contributed by atoms with Crippen LogP contribution >= 0.6 is 0 Å². The van der Waals surface area contributed by atoms with E-state index in [0.29, 0.717) is 6.61 Å².